The number of morpholine rings is 1. The highest BCUT2D eigenvalue weighted by molar-refractivity contribution is 7.13. The van der Waals surface area contributed by atoms with Crippen molar-refractivity contribution in [2.75, 3.05) is 51.3 Å². The molecule has 2 amide bonds. The monoisotopic (exact) mass is 393 g/mol. The number of benzene rings is 1. The van der Waals surface area contributed by atoms with Crippen LogP contribution in [0, 0.1) is 5.82 Å². The summed E-state index contributed by atoms with van der Waals surface area (Å²) in [4.78, 5) is 32.0. The molecule has 0 spiro atoms. The summed E-state index contributed by atoms with van der Waals surface area (Å²) < 4.78 is 18.5. The zero-order chi connectivity index (χ0) is 19.1. The number of quaternary nitrogens is 1. The lowest BCUT2D eigenvalue weighted by Gasteiger charge is -2.27. The van der Waals surface area contributed by atoms with E-state index in [-0.39, 0.29) is 18.4 Å². The van der Waals surface area contributed by atoms with Crippen LogP contribution in [-0.4, -0.2) is 67.6 Å². The molecule has 1 aliphatic rings. The van der Waals surface area contributed by atoms with Gasteiger partial charge in [0.05, 0.1) is 26.3 Å². The van der Waals surface area contributed by atoms with Gasteiger partial charge in [-0.3, -0.25) is 9.59 Å². The van der Waals surface area contributed by atoms with E-state index in [2.05, 4.69) is 10.3 Å². The van der Waals surface area contributed by atoms with Gasteiger partial charge in [-0.1, -0.05) is 0 Å². The van der Waals surface area contributed by atoms with Crippen molar-refractivity contribution in [2.45, 2.75) is 0 Å². The van der Waals surface area contributed by atoms with Crippen LogP contribution in [0.15, 0.2) is 35.8 Å². The van der Waals surface area contributed by atoms with Gasteiger partial charge in [0.15, 0.2) is 5.13 Å². The SMILES string of the molecule is O=C(CN(CC[NH+]1CCOCC1)C(=O)c1ccc(F)cc1)Nc1nccs1. The van der Waals surface area contributed by atoms with Crippen molar-refractivity contribution in [3.05, 3.63) is 47.2 Å². The van der Waals surface area contributed by atoms with Gasteiger partial charge in [-0.05, 0) is 24.3 Å². The second-order valence-electron chi connectivity index (χ2n) is 6.23. The van der Waals surface area contributed by atoms with Gasteiger partial charge < -0.3 is 19.9 Å². The Morgan fingerprint density at radius 1 is 1.26 bits per heavy atom. The molecule has 0 aliphatic carbocycles. The first-order chi connectivity index (χ1) is 13.1. The van der Waals surface area contributed by atoms with Gasteiger partial charge in [0.1, 0.15) is 25.5 Å². The molecule has 2 N–H and O–H groups in total. The minimum Gasteiger partial charge on any atom is -0.370 e. The molecule has 2 aromatic rings. The number of hydrogen-bond acceptors (Lipinski definition) is 5. The Balaban J connectivity index is 1.65. The van der Waals surface area contributed by atoms with Crippen molar-refractivity contribution in [1.29, 1.82) is 0 Å². The molecular formula is C18H22FN4O3S+. The summed E-state index contributed by atoms with van der Waals surface area (Å²) in [7, 11) is 0. The molecule has 9 heteroatoms. The number of nitrogens with zero attached hydrogens (tertiary/aromatic N) is 2. The number of rotatable bonds is 7. The van der Waals surface area contributed by atoms with Gasteiger partial charge in [0.25, 0.3) is 5.91 Å². The Morgan fingerprint density at radius 2 is 2.00 bits per heavy atom. The number of halogens is 1. The van der Waals surface area contributed by atoms with Gasteiger partial charge >= 0.3 is 0 Å². The van der Waals surface area contributed by atoms with Gasteiger partial charge in [-0.25, -0.2) is 9.37 Å². The van der Waals surface area contributed by atoms with E-state index in [1.54, 1.807) is 11.6 Å². The fourth-order valence-corrected chi connectivity index (χ4v) is 3.39. The number of hydrogen-bond donors (Lipinski definition) is 2. The predicted octanol–water partition coefficient (Wildman–Crippen LogP) is 0.278. The molecule has 7 nitrogen and oxygen atoms in total. The molecule has 1 fully saturated rings. The van der Waals surface area contributed by atoms with Crippen LogP contribution in [0.1, 0.15) is 10.4 Å². The van der Waals surface area contributed by atoms with Crippen LogP contribution < -0.4 is 10.2 Å². The average Bonchev–Trinajstić information content (AvgIpc) is 3.19. The normalized spacial score (nSPS) is 14.7. The third kappa shape index (κ3) is 5.81. The minimum absolute atomic E-state index is 0.0838. The van der Waals surface area contributed by atoms with Crippen molar-refractivity contribution in [2.24, 2.45) is 0 Å². The summed E-state index contributed by atoms with van der Waals surface area (Å²) in [5.74, 6) is -1.01. The first-order valence-electron chi connectivity index (χ1n) is 8.77. The predicted molar refractivity (Wildman–Crippen MR) is 99.4 cm³/mol. The van der Waals surface area contributed by atoms with E-state index in [4.69, 9.17) is 4.74 Å². The van der Waals surface area contributed by atoms with Crippen LogP contribution in [0.25, 0.3) is 0 Å². The van der Waals surface area contributed by atoms with Crippen LogP contribution in [0.3, 0.4) is 0 Å². The maximum atomic E-state index is 13.2. The van der Waals surface area contributed by atoms with Crippen LogP contribution in [0.4, 0.5) is 9.52 Å². The molecule has 0 bridgehead atoms. The standard InChI is InChI=1S/C18H21FN4O3S/c19-15-3-1-14(2-4-15)17(25)23(7-6-22-8-10-26-11-9-22)13-16(24)21-18-20-5-12-27-18/h1-5,12H,6-11,13H2,(H,20,21,24)/p+1. The Labute approximate surface area is 160 Å². The van der Waals surface area contributed by atoms with E-state index >= 15 is 0 Å². The first-order valence-corrected chi connectivity index (χ1v) is 9.65. The van der Waals surface area contributed by atoms with Crippen LogP contribution >= 0.6 is 11.3 Å². The summed E-state index contributed by atoms with van der Waals surface area (Å²) in [6.07, 6.45) is 1.60. The molecule has 2 heterocycles. The molecule has 27 heavy (non-hydrogen) atoms. The summed E-state index contributed by atoms with van der Waals surface area (Å²) in [5, 5.41) is 4.95. The first kappa shape index (κ1) is 19.4. The maximum absolute atomic E-state index is 13.2. The number of aromatic nitrogens is 1. The van der Waals surface area contributed by atoms with Gasteiger partial charge in [-0.15, -0.1) is 11.3 Å². The Bertz CT molecular complexity index is 748. The number of ether oxygens (including phenoxy) is 1. The second-order valence-corrected chi connectivity index (χ2v) is 7.13. The quantitative estimate of drug-likeness (QED) is 0.709. The Kier molecular flexibility index (Phi) is 6.86. The van der Waals surface area contributed by atoms with Crippen molar-refractivity contribution < 1.29 is 23.6 Å². The Morgan fingerprint density at radius 3 is 2.67 bits per heavy atom. The molecule has 1 aromatic heterocycles. The third-order valence-corrected chi connectivity index (χ3v) is 5.02. The van der Waals surface area contributed by atoms with Crippen molar-refractivity contribution in [3.63, 3.8) is 0 Å². The van der Waals surface area contributed by atoms with E-state index in [1.165, 1.54) is 45.4 Å². The molecular weight excluding hydrogens is 371 g/mol. The smallest absolute Gasteiger partial charge is 0.254 e. The zero-order valence-electron chi connectivity index (χ0n) is 14.8. The number of anilines is 1. The number of thiazole rings is 1. The molecule has 0 radical (unpaired) electrons. The fraction of sp³-hybridized carbons (Fsp3) is 0.389. The van der Waals surface area contributed by atoms with Gasteiger partial charge in [0.2, 0.25) is 5.91 Å². The average molecular weight is 393 g/mol. The molecule has 0 saturated carbocycles. The molecule has 3 rings (SSSR count). The highest BCUT2D eigenvalue weighted by atomic mass is 32.1. The topological polar surface area (TPSA) is 76.0 Å². The highest BCUT2D eigenvalue weighted by Gasteiger charge is 2.22. The van der Waals surface area contributed by atoms with E-state index in [1.807, 2.05) is 0 Å². The van der Waals surface area contributed by atoms with Crippen LogP contribution in [0.5, 0.6) is 0 Å². The molecule has 0 unspecified atom stereocenters. The van der Waals surface area contributed by atoms with Gasteiger partial charge in [-0.2, -0.15) is 0 Å². The summed E-state index contributed by atoms with van der Waals surface area (Å²) >= 11 is 1.31. The number of carbonyl (C=O) groups excluding carboxylic acids is 2. The van der Waals surface area contributed by atoms with Crippen molar-refractivity contribution in [3.8, 4) is 0 Å². The summed E-state index contributed by atoms with van der Waals surface area (Å²) in [5.41, 5.74) is 0.357. The zero-order valence-corrected chi connectivity index (χ0v) is 15.6. The van der Waals surface area contributed by atoms with E-state index in [0.717, 1.165) is 19.6 Å². The van der Waals surface area contributed by atoms with Gasteiger partial charge in [0, 0.05) is 17.1 Å². The van der Waals surface area contributed by atoms with Crippen LogP contribution in [-0.2, 0) is 9.53 Å². The van der Waals surface area contributed by atoms with E-state index < -0.39 is 5.82 Å². The summed E-state index contributed by atoms with van der Waals surface area (Å²) in [6, 6.07) is 5.36. The minimum atomic E-state index is -0.405. The lowest BCUT2D eigenvalue weighted by Crippen LogP contribution is -3.14. The van der Waals surface area contributed by atoms with Crippen molar-refractivity contribution in [1.82, 2.24) is 9.88 Å². The number of carbonyl (C=O) groups is 2. The lowest BCUT2D eigenvalue weighted by molar-refractivity contribution is -0.907. The number of nitrogens with one attached hydrogen (secondary N) is 2. The number of amides is 2. The maximum Gasteiger partial charge on any atom is 0.254 e. The van der Waals surface area contributed by atoms with Crippen LogP contribution in [0.2, 0.25) is 0 Å². The molecule has 1 saturated heterocycles. The Hall–Kier alpha value is -2.36. The third-order valence-electron chi connectivity index (χ3n) is 4.33. The second kappa shape index (κ2) is 9.54. The molecule has 1 aromatic carbocycles. The molecule has 1 aliphatic heterocycles. The molecule has 144 valence electrons. The molecule has 0 atom stereocenters. The fourth-order valence-electron chi connectivity index (χ4n) is 2.85. The van der Waals surface area contributed by atoms with Crippen molar-refractivity contribution >= 4 is 28.3 Å². The lowest BCUT2D eigenvalue weighted by atomic mass is 10.2. The summed E-state index contributed by atoms with van der Waals surface area (Å²) in [6.45, 7) is 4.22. The largest absolute Gasteiger partial charge is 0.370 e. The highest BCUT2D eigenvalue weighted by Crippen LogP contribution is 2.11. The van der Waals surface area contributed by atoms with E-state index in [0.29, 0.717) is 30.5 Å². The van der Waals surface area contributed by atoms with E-state index in [9.17, 15) is 14.0 Å².